The van der Waals surface area contributed by atoms with Gasteiger partial charge in [0.05, 0.1) is 0 Å². The summed E-state index contributed by atoms with van der Waals surface area (Å²) in [4.78, 5) is 6.51. The monoisotopic (exact) mass is 241 g/mol. The molecule has 0 atom stereocenters. The normalized spacial score (nSPS) is 17.4. The highest BCUT2D eigenvalue weighted by molar-refractivity contribution is 7.90. The molecule has 1 aromatic rings. The molecule has 1 fully saturated rings. The quantitative estimate of drug-likeness (QED) is 0.783. The van der Waals surface area contributed by atoms with Gasteiger partial charge in [0.15, 0.2) is 9.84 Å². The van der Waals surface area contributed by atoms with Gasteiger partial charge in [-0.05, 0) is 12.1 Å². The highest BCUT2D eigenvalue weighted by Gasteiger charge is 2.20. The molecule has 1 saturated heterocycles. The maximum atomic E-state index is 11.6. The molecule has 0 bridgehead atoms. The van der Waals surface area contributed by atoms with Gasteiger partial charge in [0.25, 0.3) is 0 Å². The fraction of sp³-hybridized carbons (Fsp3) is 0.500. The molecule has 1 aliphatic heterocycles. The van der Waals surface area contributed by atoms with Gasteiger partial charge in [-0.15, -0.1) is 0 Å². The number of pyridine rings is 1. The first-order chi connectivity index (χ1) is 7.59. The number of sulfone groups is 1. The molecular formula is C10H15N3O2S. The first-order valence-corrected chi connectivity index (χ1v) is 7.09. The van der Waals surface area contributed by atoms with E-state index in [0.29, 0.717) is 10.7 Å². The SMILES string of the molecule is CS(=O)(=O)c1cccnc1N1CCNCC1. The second-order valence-corrected chi connectivity index (χ2v) is 5.82. The molecule has 0 unspecified atom stereocenters. The zero-order valence-corrected chi connectivity index (χ0v) is 10.00. The Morgan fingerprint density at radius 2 is 2.06 bits per heavy atom. The van der Waals surface area contributed by atoms with Crippen LogP contribution in [0.2, 0.25) is 0 Å². The van der Waals surface area contributed by atoms with Crippen LogP contribution in [0.25, 0.3) is 0 Å². The van der Waals surface area contributed by atoms with Crippen LogP contribution in [0.1, 0.15) is 0 Å². The maximum absolute atomic E-state index is 11.6. The molecule has 2 heterocycles. The molecule has 0 aromatic carbocycles. The van der Waals surface area contributed by atoms with E-state index in [9.17, 15) is 8.42 Å². The molecule has 88 valence electrons. The third-order valence-electron chi connectivity index (χ3n) is 2.57. The molecule has 0 radical (unpaired) electrons. The minimum atomic E-state index is -3.21. The smallest absolute Gasteiger partial charge is 0.179 e. The highest BCUT2D eigenvalue weighted by atomic mass is 32.2. The molecule has 16 heavy (non-hydrogen) atoms. The number of rotatable bonds is 2. The van der Waals surface area contributed by atoms with Crippen LogP contribution in [0, 0.1) is 0 Å². The summed E-state index contributed by atoms with van der Waals surface area (Å²) >= 11 is 0. The van der Waals surface area contributed by atoms with Gasteiger partial charge in [-0.3, -0.25) is 0 Å². The van der Waals surface area contributed by atoms with Crippen molar-refractivity contribution in [2.24, 2.45) is 0 Å². The first-order valence-electron chi connectivity index (χ1n) is 5.20. The average Bonchev–Trinajstić information content (AvgIpc) is 2.29. The third-order valence-corrected chi connectivity index (χ3v) is 3.68. The van der Waals surface area contributed by atoms with E-state index in [1.807, 2.05) is 4.90 Å². The summed E-state index contributed by atoms with van der Waals surface area (Å²) in [6.07, 6.45) is 2.85. The van der Waals surface area contributed by atoms with E-state index in [4.69, 9.17) is 0 Å². The van der Waals surface area contributed by atoms with E-state index in [0.717, 1.165) is 26.2 Å². The van der Waals surface area contributed by atoms with Crippen molar-refractivity contribution in [1.82, 2.24) is 10.3 Å². The number of aromatic nitrogens is 1. The number of piperazine rings is 1. The van der Waals surface area contributed by atoms with Gasteiger partial charge in [0.1, 0.15) is 10.7 Å². The summed E-state index contributed by atoms with van der Waals surface area (Å²) in [5.74, 6) is 0.575. The van der Waals surface area contributed by atoms with Crippen molar-refractivity contribution in [2.75, 3.05) is 37.3 Å². The Labute approximate surface area is 95.4 Å². The van der Waals surface area contributed by atoms with Gasteiger partial charge >= 0.3 is 0 Å². The van der Waals surface area contributed by atoms with Crippen molar-refractivity contribution in [2.45, 2.75) is 4.90 Å². The van der Waals surface area contributed by atoms with E-state index in [1.165, 1.54) is 6.26 Å². The molecule has 0 aliphatic carbocycles. The zero-order chi connectivity index (χ0) is 11.6. The molecule has 1 aliphatic rings. The van der Waals surface area contributed by atoms with E-state index >= 15 is 0 Å². The Morgan fingerprint density at radius 1 is 1.38 bits per heavy atom. The second-order valence-electron chi connectivity index (χ2n) is 3.83. The molecule has 0 spiro atoms. The van der Waals surface area contributed by atoms with E-state index in [1.54, 1.807) is 18.3 Å². The number of hydrogen-bond acceptors (Lipinski definition) is 5. The summed E-state index contributed by atoms with van der Waals surface area (Å²) in [7, 11) is -3.21. The average molecular weight is 241 g/mol. The first kappa shape index (κ1) is 11.3. The van der Waals surface area contributed by atoms with Gasteiger partial charge in [-0.1, -0.05) is 0 Å². The summed E-state index contributed by atoms with van der Waals surface area (Å²) in [6, 6.07) is 3.27. The van der Waals surface area contributed by atoms with E-state index in [-0.39, 0.29) is 0 Å². The lowest BCUT2D eigenvalue weighted by molar-refractivity contribution is 0.577. The molecule has 6 heteroatoms. The maximum Gasteiger partial charge on any atom is 0.179 e. The van der Waals surface area contributed by atoms with Gasteiger partial charge in [0, 0.05) is 38.6 Å². The van der Waals surface area contributed by atoms with Crippen molar-refractivity contribution in [1.29, 1.82) is 0 Å². The van der Waals surface area contributed by atoms with Gasteiger partial charge in [-0.25, -0.2) is 13.4 Å². The lowest BCUT2D eigenvalue weighted by Crippen LogP contribution is -2.44. The summed E-state index contributed by atoms with van der Waals surface area (Å²) in [5.41, 5.74) is 0. The number of nitrogens with zero attached hydrogens (tertiary/aromatic N) is 2. The highest BCUT2D eigenvalue weighted by Crippen LogP contribution is 2.22. The third kappa shape index (κ3) is 2.33. The minimum Gasteiger partial charge on any atom is -0.353 e. The van der Waals surface area contributed by atoms with E-state index in [2.05, 4.69) is 10.3 Å². The Kier molecular flexibility index (Phi) is 3.11. The van der Waals surface area contributed by atoms with E-state index < -0.39 is 9.84 Å². The lowest BCUT2D eigenvalue weighted by Gasteiger charge is -2.29. The topological polar surface area (TPSA) is 62.3 Å². The Balaban J connectivity index is 2.40. The standard InChI is InChI=1S/C10H15N3O2S/c1-16(14,15)9-3-2-4-12-10(9)13-7-5-11-6-8-13/h2-4,11H,5-8H2,1H3. The Hall–Kier alpha value is -1.14. The van der Waals surface area contributed by atoms with Crippen LogP contribution in [0.5, 0.6) is 0 Å². The van der Waals surface area contributed by atoms with Gasteiger partial charge in [-0.2, -0.15) is 0 Å². The lowest BCUT2D eigenvalue weighted by atomic mass is 10.3. The fourth-order valence-electron chi connectivity index (χ4n) is 1.79. The molecule has 2 rings (SSSR count). The van der Waals surface area contributed by atoms with Gasteiger partial charge in [0.2, 0.25) is 0 Å². The van der Waals surface area contributed by atoms with Crippen LogP contribution in [0.15, 0.2) is 23.2 Å². The van der Waals surface area contributed by atoms with Crippen LogP contribution >= 0.6 is 0 Å². The number of hydrogen-bond donors (Lipinski definition) is 1. The Morgan fingerprint density at radius 3 is 2.69 bits per heavy atom. The predicted octanol–water partition coefficient (Wildman–Crippen LogP) is -0.105. The fourth-order valence-corrected chi connectivity index (χ4v) is 2.62. The van der Waals surface area contributed by atoms with Crippen molar-refractivity contribution in [3.8, 4) is 0 Å². The van der Waals surface area contributed by atoms with Crippen molar-refractivity contribution in [3.63, 3.8) is 0 Å². The second kappa shape index (κ2) is 4.39. The largest absolute Gasteiger partial charge is 0.353 e. The molecule has 0 saturated carbocycles. The predicted molar refractivity (Wildman–Crippen MR) is 62.4 cm³/mol. The van der Waals surface area contributed by atoms with Crippen LogP contribution in [-0.2, 0) is 9.84 Å². The Bertz CT molecular complexity index is 467. The van der Waals surface area contributed by atoms with Gasteiger partial charge < -0.3 is 10.2 Å². The van der Waals surface area contributed by atoms with Crippen LogP contribution in [0.3, 0.4) is 0 Å². The molecule has 1 N–H and O–H groups in total. The summed E-state index contributed by atoms with van der Waals surface area (Å²) in [6.45, 7) is 3.30. The van der Waals surface area contributed by atoms with Crippen molar-refractivity contribution < 1.29 is 8.42 Å². The molecule has 0 amide bonds. The van der Waals surface area contributed by atoms with Crippen LogP contribution in [-0.4, -0.2) is 45.8 Å². The van der Waals surface area contributed by atoms with Crippen LogP contribution < -0.4 is 10.2 Å². The number of anilines is 1. The van der Waals surface area contributed by atoms with Crippen molar-refractivity contribution >= 4 is 15.7 Å². The minimum absolute atomic E-state index is 0.317. The summed E-state index contributed by atoms with van der Waals surface area (Å²) < 4.78 is 23.2. The van der Waals surface area contributed by atoms with Crippen LogP contribution in [0.4, 0.5) is 5.82 Å². The zero-order valence-electron chi connectivity index (χ0n) is 9.18. The molecule has 5 nitrogen and oxygen atoms in total. The molecular weight excluding hydrogens is 226 g/mol. The number of nitrogens with one attached hydrogen (secondary N) is 1. The van der Waals surface area contributed by atoms with Crippen molar-refractivity contribution in [3.05, 3.63) is 18.3 Å². The summed E-state index contributed by atoms with van der Waals surface area (Å²) in [5, 5.41) is 3.22. The molecule has 1 aromatic heterocycles.